The van der Waals surface area contributed by atoms with Crippen molar-refractivity contribution in [3.05, 3.63) is 36.4 Å². The number of nitrogens with zero attached hydrogens (tertiary/aromatic N) is 1. The van der Waals surface area contributed by atoms with E-state index < -0.39 is 12.4 Å². The third-order valence-corrected chi connectivity index (χ3v) is 4.09. The van der Waals surface area contributed by atoms with Crippen molar-refractivity contribution in [3.63, 3.8) is 0 Å². The summed E-state index contributed by atoms with van der Waals surface area (Å²) in [5.41, 5.74) is -0.560. The second kappa shape index (κ2) is 8.36. The van der Waals surface area contributed by atoms with Crippen LogP contribution >= 0.6 is 0 Å². The number of ether oxygens (including phenoxy) is 1. The number of likely N-dealkylation sites (tertiary alicyclic amines) is 1. The molecule has 3 rings (SSSR count). The number of halogens is 3. The maximum Gasteiger partial charge on any atom is 1.00 e. The zero-order valence-electron chi connectivity index (χ0n) is 13.3. The third-order valence-electron chi connectivity index (χ3n) is 4.09. The second-order valence-corrected chi connectivity index (χ2v) is 5.74. The van der Waals surface area contributed by atoms with E-state index in [-0.39, 0.29) is 51.4 Å². The molecule has 0 unspecified atom stereocenters. The fourth-order valence-electron chi connectivity index (χ4n) is 2.83. The Labute approximate surface area is 176 Å². The van der Waals surface area contributed by atoms with Gasteiger partial charge in [0.15, 0.2) is 0 Å². The van der Waals surface area contributed by atoms with E-state index in [1.807, 2.05) is 0 Å². The van der Waals surface area contributed by atoms with E-state index in [0.717, 1.165) is 31.1 Å². The Morgan fingerprint density at radius 1 is 0.957 bits per heavy atom. The van der Waals surface area contributed by atoms with E-state index >= 15 is 0 Å². The number of benzene rings is 2. The molecule has 0 bridgehead atoms. The number of hydrogen-bond donors (Lipinski definition) is 0. The maximum atomic E-state index is 12.7. The van der Waals surface area contributed by atoms with Gasteiger partial charge >= 0.3 is 58.4 Å². The van der Waals surface area contributed by atoms with Gasteiger partial charge in [0.2, 0.25) is 0 Å². The van der Waals surface area contributed by atoms with E-state index in [0.29, 0.717) is 17.7 Å². The van der Waals surface area contributed by atoms with Gasteiger partial charge in [0.25, 0.3) is 0 Å². The zero-order chi connectivity index (χ0) is 15.6. The van der Waals surface area contributed by atoms with Crippen LogP contribution in [-0.4, -0.2) is 38.1 Å². The van der Waals surface area contributed by atoms with Gasteiger partial charge in [-0.05, 0) is 48.8 Å². The molecule has 118 valence electrons. The van der Waals surface area contributed by atoms with Crippen LogP contribution in [0.4, 0.5) is 12.9 Å². The minimum Gasteiger partial charge on any atom is -0.492 e. The summed E-state index contributed by atoms with van der Waals surface area (Å²) in [5, 5.41) is 1.35. The Hall–Kier alpha value is -0.0487. The predicted molar refractivity (Wildman–Crippen MR) is 83.8 cm³/mol. The normalized spacial score (nSPS) is 15.6. The first kappa shape index (κ1) is 19.3. The summed E-state index contributed by atoms with van der Waals surface area (Å²) in [6, 6.07) is 9.06. The third kappa shape index (κ3) is 5.21. The molecule has 0 radical (unpaired) electrons. The average molecular weight is 347 g/mol. The van der Waals surface area contributed by atoms with Crippen LogP contribution in [0.5, 0.6) is 5.75 Å². The summed E-state index contributed by atoms with van der Waals surface area (Å²) in [6.07, 6.45) is 2.50. The number of rotatable bonds is 5. The minimum absolute atomic E-state index is 0. The Kier molecular flexibility index (Phi) is 7.01. The van der Waals surface area contributed by atoms with Gasteiger partial charge < -0.3 is 17.7 Å². The Bertz CT molecular complexity index is 659. The topological polar surface area (TPSA) is 12.5 Å². The van der Waals surface area contributed by atoms with Gasteiger partial charge in [-0.25, -0.2) is 0 Å². The van der Waals surface area contributed by atoms with Gasteiger partial charge in [-0.1, -0.05) is 24.3 Å². The van der Waals surface area contributed by atoms with Crippen LogP contribution in [0.1, 0.15) is 12.8 Å². The standard InChI is InChI=1S/C16H18BF3NO.K/c18-17(19,20)15-5-3-14-12-16(6-4-13(14)11-15)22-10-9-21-7-1-2-8-21;/h3-6,11-12H,1-2,7-10H2;/q-1;+1. The first-order chi connectivity index (χ1) is 10.5. The molecule has 1 aliphatic rings. The summed E-state index contributed by atoms with van der Waals surface area (Å²) < 4.78 is 43.9. The van der Waals surface area contributed by atoms with Crippen LogP contribution in [0.25, 0.3) is 10.8 Å². The van der Waals surface area contributed by atoms with Gasteiger partial charge in [0, 0.05) is 6.54 Å². The first-order valence-electron chi connectivity index (χ1n) is 7.61. The van der Waals surface area contributed by atoms with Crippen LogP contribution in [-0.2, 0) is 0 Å². The van der Waals surface area contributed by atoms with Crippen molar-refractivity contribution in [2.24, 2.45) is 0 Å². The second-order valence-electron chi connectivity index (χ2n) is 5.74. The van der Waals surface area contributed by atoms with Crippen molar-refractivity contribution >= 4 is 23.2 Å². The Morgan fingerprint density at radius 3 is 2.30 bits per heavy atom. The van der Waals surface area contributed by atoms with Gasteiger partial charge in [-0.15, -0.1) is 5.46 Å². The van der Waals surface area contributed by atoms with Crippen LogP contribution < -0.4 is 61.6 Å². The molecule has 1 fully saturated rings. The molecule has 1 heterocycles. The number of fused-ring (bicyclic) bond motifs is 1. The summed E-state index contributed by atoms with van der Waals surface area (Å²) in [6.45, 7) is -1.19. The van der Waals surface area contributed by atoms with Gasteiger partial charge in [-0.2, -0.15) is 0 Å². The Balaban J connectivity index is 0.00000192. The minimum atomic E-state index is -4.95. The largest absolute Gasteiger partial charge is 1.00 e. The fourth-order valence-corrected chi connectivity index (χ4v) is 2.83. The number of hydrogen-bond acceptors (Lipinski definition) is 2. The van der Waals surface area contributed by atoms with Crippen molar-refractivity contribution in [1.29, 1.82) is 0 Å². The summed E-state index contributed by atoms with van der Waals surface area (Å²) in [4.78, 5) is 2.36. The monoisotopic (exact) mass is 347 g/mol. The summed E-state index contributed by atoms with van der Waals surface area (Å²) >= 11 is 0. The van der Waals surface area contributed by atoms with E-state index in [9.17, 15) is 12.9 Å². The molecular formula is C16H18BF3KNO. The van der Waals surface area contributed by atoms with E-state index in [2.05, 4.69) is 4.90 Å². The molecule has 2 nitrogen and oxygen atoms in total. The first-order valence-corrected chi connectivity index (χ1v) is 7.61. The van der Waals surface area contributed by atoms with Gasteiger partial charge in [0.05, 0.1) is 0 Å². The van der Waals surface area contributed by atoms with E-state index in [1.165, 1.54) is 25.0 Å². The van der Waals surface area contributed by atoms with Crippen LogP contribution in [0, 0.1) is 0 Å². The molecule has 0 aromatic heterocycles. The molecule has 0 spiro atoms. The summed E-state index contributed by atoms with van der Waals surface area (Å²) in [7, 11) is 0. The molecule has 1 saturated heterocycles. The Morgan fingerprint density at radius 2 is 1.61 bits per heavy atom. The summed E-state index contributed by atoms with van der Waals surface area (Å²) in [5.74, 6) is 0.706. The zero-order valence-corrected chi connectivity index (χ0v) is 16.4. The molecule has 0 aliphatic carbocycles. The molecule has 7 heteroatoms. The smallest absolute Gasteiger partial charge is 0.492 e. The van der Waals surface area contributed by atoms with Crippen LogP contribution in [0.3, 0.4) is 0 Å². The molecule has 23 heavy (non-hydrogen) atoms. The molecule has 0 saturated carbocycles. The van der Waals surface area contributed by atoms with E-state index in [1.54, 1.807) is 18.2 Å². The molecule has 0 N–H and O–H groups in total. The molecular weight excluding hydrogens is 329 g/mol. The SMILES string of the molecule is F[B-](F)(F)c1ccc2cc(OCCN3CCCC3)ccc2c1.[K+]. The fraction of sp³-hybridized carbons (Fsp3) is 0.375. The van der Waals surface area contributed by atoms with Gasteiger partial charge in [0.1, 0.15) is 12.4 Å². The van der Waals surface area contributed by atoms with Crippen molar-refractivity contribution in [2.75, 3.05) is 26.2 Å². The molecule has 2 aromatic carbocycles. The molecule has 1 aliphatic heterocycles. The van der Waals surface area contributed by atoms with Crippen LogP contribution in [0.15, 0.2) is 36.4 Å². The quantitative estimate of drug-likeness (QED) is 0.725. The average Bonchev–Trinajstić information content (AvgIpc) is 2.99. The van der Waals surface area contributed by atoms with Crippen molar-refractivity contribution in [2.45, 2.75) is 12.8 Å². The van der Waals surface area contributed by atoms with Crippen LogP contribution in [0.2, 0.25) is 0 Å². The van der Waals surface area contributed by atoms with E-state index in [4.69, 9.17) is 4.74 Å². The molecule has 2 aromatic rings. The van der Waals surface area contributed by atoms with Crippen molar-refractivity contribution in [3.8, 4) is 5.75 Å². The predicted octanol–water partition coefficient (Wildman–Crippen LogP) is 0.373. The molecule has 0 atom stereocenters. The van der Waals surface area contributed by atoms with Gasteiger partial charge in [-0.3, -0.25) is 4.90 Å². The molecule has 0 amide bonds. The maximum absolute atomic E-state index is 12.7. The van der Waals surface area contributed by atoms with Crippen molar-refractivity contribution in [1.82, 2.24) is 4.90 Å². The van der Waals surface area contributed by atoms with Crippen molar-refractivity contribution < 1.29 is 69.1 Å².